The molecule has 0 amide bonds. The average Bonchev–Trinajstić information content (AvgIpc) is 2.45. The van der Waals surface area contributed by atoms with Crippen molar-refractivity contribution < 1.29 is 14.2 Å². The van der Waals surface area contributed by atoms with Gasteiger partial charge < -0.3 is 15.2 Å². The monoisotopic (exact) mass is 299 g/mol. The minimum Gasteiger partial charge on any atom is -0.497 e. The van der Waals surface area contributed by atoms with E-state index in [2.05, 4.69) is 5.32 Å². The van der Waals surface area contributed by atoms with Gasteiger partial charge in [0.2, 0.25) is 0 Å². The molecule has 1 saturated heterocycles. The number of ether oxygens (including phenoxy) is 1. The average molecular weight is 299 g/mol. The Morgan fingerprint density at radius 2 is 2.15 bits per heavy atom. The Morgan fingerprint density at radius 1 is 1.45 bits per heavy atom. The van der Waals surface area contributed by atoms with Crippen molar-refractivity contribution in [3.63, 3.8) is 0 Å². The van der Waals surface area contributed by atoms with Crippen LogP contribution in [0.25, 0.3) is 0 Å². The van der Waals surface area contributed by atoms with Gasteiger partial charge in [-0.1, -0.05) is 6.07 Å². The van der Waals surface area contributed by atoms with Crippen LogP contribution in [0.1, 0.15) is 31.4 Å². The van der Waals surface area contributed by atoms with Crippen LogP contribution in [0.4, 0.5) is 4.39 Å². The van der Waals surface area contributed by atoms with Gasteiger partial charge in [-0.05, 0) is 37.3 Å². The summed E-state index contributed by atoms with van der Waals surface area (Å²) in [4.78, 5) is 0. The van der Waals surface area contributed by atoms with Crippen molar-refractivity contribution in [1.29, 1.82) is 0 Å². The summed E-state index contributed by atoms with van der Waals surface area (Å²) in [5, 5.41) is 13.7. The Morgan fingerprint density at radius 3 is 2.75 bits per heavy atom. The number of thioether (sulfide) groups is 1. The van der Waals surface area contributed by atoms with Crippen LogP contribution < -0.4 is 10.1 Å². The van der Waals surface area contributed by atoms with Gasteiger partial charge in [-0.15, -0.1) is 0 Å². The van der Waals surface area contributed by atoms with Gasteiger partial charge in [0, 0.05) is 24.2 Å². The van der Waals surface area contributed by atoms with E-state index in [1.54, 1.807) is 12.1 Å². The molecule has 0 saturated carbocycles. The van der Waals surface area contributed by atoms with Gasteiger partial charge in [0.1, 0.15) is 11.6 Å². The van der Waals surface area contributed by atoms with Gasteiger partial charge in [0.25, 0.3) is 0 Å². The first-order valence-electron chi connectivity index (χ1n) is 6.91. The molecule has 0 aliphatic carbocycles. The summed E-state index contributed by atoms with van der Waals surface area (Å²) in [7, 11) is 1.52. The number of rotatable bonds is 5. The summed E-state index contributed by atoms with van der Waals surface area (Å²) >= 11 is 1.87. The Balaban J connectivity index is 1.96. The van der Waals surface area contributed by atoms with Crippen molar-refractivity contribution in [2.24, 2.45) is 0 Å². The van der Waals surface area contributed by atoms with E-state index in [0.29, 0.717) is 17.9 Å². The van der Waals surface area contributed by atoms with Crippen LogP contribution in [-0.2, 0) is 0 Å². The first-order chi connectivity index (χ1) is 9.54. The van der Waals surface area contributed by atoms with Gasteiger partial charge >= 0.3 is 0 Å². The zero-order valence-electron chi connectivity index (χ0n) is 12.0. The topological polar surface area (TPSA) is 41.5 Å². The lowest BCUT2D eigenvalue weighted by Crippen LogP contribution is -2.44. The highest BCUT2D eigenvalue weighted by Gasteiger charge is 2.29. The third-order valence-electron chi connectivity index (χ3n) is 3.83. The minimum absolute atomic E-state index is 0.139. The maximum Gasteiger partial charge on any atom is 0.131 e. The molecule has 112 valence electrons. The number of aliphatic hydroxyl groups is 1. The summed E-state index contributed by atoms with van der Waals surface area (Å²) in [6, 6.07) is 4.73. The number of benzene rings is 1. The molecule has 1 unspecified atom stereocenters. The maximum atomic E-state index is 14.0. The molecule has 5 heteroatoms. The molecule has 1 fully saturated rings. The quantitative estimate of drug-likeness (QED) is 0.877. The molecule has 1 aliphatic rings. The molecule has 0 spiro atoms. The highest BCUT2D eigenvalue weighted by molar-refractivity contribution is 7.99. The fourth-order valence-corrected chi connectivity index (χ4v) is 3.62. The number of hydrogen-bond acceptors (Lipinski definition) is 4. The van der Waals surface area contributed by atoms with Gasteiger partial charge in [0.15, 0.2) is 0 Å². The largest absolute Gasteiger partial charge is 0.497 e. The van der Waals surface area contributed by atoms with Gasteiger partial charge in [0.05, 0.1) is 12.7 Å². The van der Waals surface area contributed by atoms with Crippen LogP contribution in [0.2, 0.25) is 0 Å². The van der Waals surface area contributed by atoms with E-state index >= 15 is 0 Å². The molecule has 1 aromatic carbocycles. The predicted octanol–water partition coefficient (Wildman–Crippen LogP) is 2.74. The predicted molar refractivity (Wildman–Crippen MR) is 80.9 cm³/mol. The number of hydrogen-bond donors (Lipinski definition) is 2. The number of methoxy groups -OCH3 is 1. The lowest BCUT2D eigenvalue weighted by Gasteiger charge is -2.33. The van der Waals surface area contributed by atoms with Crippen molar-refractivity contribution in [3.8, 4) is 5.75 Å². The molecule has 20 heavy (non-hydrogen) atoms. The van der Waals surface area contributed by atoms with Crippen LogP contribution in [0.3, 0.4) is 0 Å². The Kier molecular flexibility index (Phi) is 5.29. The van der Waals surface area contributed by atoms with Gasteiger partial charge in [-0.3, -0.25) is 0 Å². The molecule has 1 heterocycles. The highest BCUT2D eigenvalue weighted by atomic mass is 32.2. The second-order valence-corrected chi connectivity index (χ2v) is 6.55. The van der Waals surface area contributed by atoms with Gasteiger partial charge in [-0.25, -0.2) is 4.39 Å². The van der Waals surface area contributed by atoms with Crippen LogP contribution in [0.5, 0.6) is 5.75 Å². The van der Waals surface area contributed by atoms with E-state index in [1.807, 2.05) is 18.7 Å². The second kappa shape index (κ2) is 6.78. The number of halogens is 1. The van der Waals surface area contributed by atoms with E-state index in [-0.39, 0.29) is 11.9 Å². The lowest BCUT2D eigenvalue weighted by molar-refractivity contribution is 0.0299. The fraction of sp³-hybridized carbons (Fsp3) is 0.600. The Labute approximate surface area is 123 Å². The summed E-state index contributed by atoms with van der Waals surface area (Å²) in [6.45, 7) is 2.41. The summed E-state index contributed by atoms with van der Waals surface area (Å²) in [6.07, 6.45) is 1.59. The second-order valence-electron chi connectivity index (χ2n) is 5.33. The normalized spacial score (nSPS) is 19.6. The standard InChI is InChI=1S/C15H22FNO2S/c1-11(13-4-3-12(19-2)9-14(13)16)17-10-15(18)5-7-20-8-6-15/h3-4,9,11,17-18H,5-8,10H2,1-2H3. The smallest absolute Gasteiger partial charge is 0.131 e. The minimum atomic E-state index is -0.650. The molecule has 1 aromatic rings. The van der Waals surface area contributed by atoms with E-state index in [1.165, 1.54) is 13.2 Å². The Bertz CT molecular complexity index is 449. The molecular formula is C15H22FNO2S. The lowest BCUT2D eigenvalue weighted by atomic mass is 9.96. The Hall–Kier alpha value is -0.780. The van der Waals surface area contributed by atoms with E-state index in [4.69, 9.17) is 4.74 Å². The maximum absolute atomic E-state index is 14.0. The SMILES string of the molecule is COc1ccc(C(C)NCC2(O)CCSCC2)c(F)c1. The zero-order valence-corrected chi connectivity index (χ0v) is 12.8. The van der Waals surface area contributed by atoms with Crippen molar-refractivity contribution >= 4 is 11.8 Å². The molecule has 1 atom stereocenters. The third kappa shape index (κ3) is 3.87. The third-order valence-corrected chi connectivity index (χ3v) is 4.82. The molecule has 0 bridgehead atoms. The van der Waals surface area contributed by atoms with Crippen LogP contribution in [0.15, 0.2) is 18.2 Å². The van der Waals surface area contributed by atoms with E-state index < -0.39 is 5.60 Å². The molecule has 0 radical (unpaired) electrons. The van der Waals surface area contributed by atoms with Gasteiger partial charge in [-0.2, -0.15) is 11.8 Å². The van der Waals surface area contributed by atoms with Crippen molar-refractivity contribution in [2.75, 3.05) is 25.2 Å². The number of nitrogens with one attached hydrogen (secondary N) is 1. The van der Waals surface area contributed by atoms with Crippen molar-refractivity contribution in [1.82, 2.24) is 5.32 Å². The molecule has 1 aliphatic heterocycles. The van der Waals surface area contributed by atoms with E-state index in [0.717, 1.165) is 24.3 Å². The molecule has 2 rings (SSSR count). The zero-order chi connectivity index (χ0) is 14.6. The summed E-state index contributed by atoms with van der Waals surface area (Å²) < 4.78 is 19.0. The summed E-state index contributed by atoms with van der Waals surface area (Å²) in [5.74, 6) is 2.21. The highest BCUT2D eigenvalue weighted by Crippen LogP contribution is 2.27. The molecular weight excluding hydrogens is 277 g/mol. The van der Waals surface area contributed by atoms with Crippen molar-refractivity contribution in [3.05, 3.63) is 29.6 Å². The fourth-order valence-electron chi connectivity index (χ4n) is 2.37. The molecule has 3 nitrogen and oxygen atoms in total. The first-order valence-corrected chi connectivity index (χ1v) is 8.06. The van der Waals surface area contributed by atoms with Crippen LogP contribution in [0, 0.1) is 5.82 Å². The van der Waals surface area contributed by atoms with Crippen molar-refractivity contribution in [2.45, 2.75) is 31.4 Å². The molecule has 2 N–H and O–H groups in total. The first kappa shape index (κ1) is 15.6. The molecule has 0 aromatic heterocycles. The van der Waals surface area contributed by atoms with Crippen LogP contribution >= 0.6 is 11.8 Å². The van der Waals surface area contributed by atoms with E-state index in [9.17, 15) is 9.50 Å². The van der Waals surface area contributed by atoms with Crippen LogP contribution in [-0.4, -0.2) is 35.9 Å². The summed E-state index contributed by atoms with van der Waals surface area (Å²) in [5.41, 5.74) is -0.0535.